The number of anilines is 1. The lowest BCUT2D eigenvalue weighted by Gasteiger charge is -2.33. The first-order chi connectivity index (χ1) is 11.1. The molecule has 7 heteroatoms. The summed E-state index contributed by atoms with van der Waals surface area (Å²) >= 11 is 3.39. The quantitative estimate of drug-likeness (QED) is 0.885. The third-order valence-electron chi connectivity index (χ3n) is 3.76. The number of halogens is 1. The van der Waals surface area contributed by atoms with E-state index in [4.69, 9.17) is 10.5 Å². The van der Waals surface area contributed by atoms with Crippen LogP contribution in [0.1, 0.15) is 23.3 Å². The molecule has 1 amide bonds. The van der Waals surface area contributed by atoms with Gasteiger partial charge in [-0.1, -0.05) is 0 Å². The topological polar surface area (TPSA) is 81.3 Å². The van der Waals surface area contributed by atoms with E-state index in [1.54, 1.807) is 18.3 Å². The Morgan fingerprint density at radius 2 is 2.04 bits per heavy atom. The molecule has 3 rings (SSSR count). The number of piperidine rings is 1. The Bertz CT molecular complexity index is 685. The molecule has 120 valence electrons. The summed E-state index contributed by atoms with van der Waals surface area (Å²) in [6.45, 7) is 1.76. The molecule has 0 unspecified atom stereocenters. The first kappa shape index (κ1) is 15.7. The van der Waals surface area contributed by atoms with Crippen LogP contribution >= 0.6 is 15.9 Å². The summed E-state index contributed by atoms with van der Waals surface area (Å²) < 4.78 is 6.92. The SMILES string of the molecule is NC(=O)c1cc(OC2CCN(c3ccc(Br)cn3)CC2)ccn1. The molecule has 1 saturated heterocycles. The molecular formula is C16H17BrN4O2. The summed E-state index contributed by atoms with van der Waals surface area (Å²) in [6, 6.07) is 7.33. The summed E-state index contributed by atoms with van der Waals surface area (Å²) in [4.78, 5) is 21.7. The van der Waals surface area contributed by atoms with Gasteiger partial charge in [-0.05, 0) is 34.1 Å². The lowest BCUT2D eigenvalue weighted by molar-refractivity contribution is 0.0994. The standard InChI is InChI=1S/C16H17BrN4O2/c17-11-1-2-15(20-10-11)21-7-4-12(5-8-21)23-13-3-6-19-14(9-13)16(18)22/h1-3,6,9-10,12H,4-5,7-8H2,(H2,18,22). The molecule has 2 N–H and O–H groups in total. The minimum Gasteiger partial charge on any atom is -0.490 e. The minimum absolute atomic E-state index is 0.116. The number of carbonyl (C=O) groups excluding carboxylic acids is 1. The molecule has 3 heterocycles. The fourth-order valence-corrected chi connectivity index (χ4v) is 2.80. The Morgan fingerprint density at radius 3 is 2.70 bits per heavy atom. The minimum atomic E-state index is -0.549. The van der Waals surface area contributed by atoms with E-state index < -0.39 is 5.91 Å². The number of rotatable bonds is 4. The molecule has 1 aliphatic rings. The number of hydrogen-bond donors (Lipinski definition) is 1. The van der Waals surface area contributed by atoms with Gasteiger partial charge in [0.25, 0.3) is 5.91 Å². The molecule has 2 aromatic rings. The van der Waals surface area contributed by atoms with E-state index >= 15 is 0 Å². The van der Waals surface area contributed by atoms with Crippen LogP contribution in [0.4, 0.5) is 5.82 Å². The third kappa shape index (κ3) is 3.98. The maximum absolute atomic E-state index is 11.2. The number of nitrogens with zero attached hydrogens (tertiary/aromatic N) is 3. The zero-order valence-electron chi connectivity index (χ0n) is 12.5. The smallest absolute Gasteiger partial charge is 0.267 e. The lowest BCUT2D eigenvalue weighted by atomic mass is 10.1. The second-order valence-electron chi connectivity index (χ2n) is 5.38. The highest BCUT2D eigenvalue weighted by atomic mass is 79.9. The largest absolute Gasteiger partial charge is 0.490 e. The molecule has 0 radical (unpaired) electrons. The highest BCUT2D eigenvalue weighted by Crippen LogP contribution is 2.23. The summed E-state index contributed by atoms with van der Waals surface area (Å²) in [5, 5.41) is 0. The molecule has 0 atom stereocenters. The van der Waals surface area contributed by atoms with Crippen LogP contribution < -0.4 is 15.4 Å². The Balaban J connectivity index is 1.58. The highest BCUT2D eigenvalue weighted by molar-refractivity contribution is 9.10. The Morgan fingerprint density at radius 1 is 1.26 bits per heavy atom. The second-order valence-corrected chi connectivity index (χ2v) is 6.30. The van der Waals surface area contributed by atoms with Crippen LogP contribution in [0, 0.1) is 0 Å². The number of aromatic nitrogens is 2. The fourth-order valence-electron chi connectivity index (χ4n) is 2.57. The van der Waals surface area contributed by atoms with Gasteiger partial charge in [0.2, 0.25) is 0 Å². The van der Waals surface area contributed by atoms with Crippen molar-refractivity contribution in [2.45, 2.75) is 18.9 Å². The van der Waals surface area contributed by atoms with Crippen LogP contribution in [-0.2, 0) is 0 Å². The number of primary amides is 1. The van der Waals surface area contributed by atoms with E-state index in [-0.39, 0.29) is 11.8 Å². The molecule has 2 aromatic heterocycles. The molecule has 23 heavy (non-hydrogen) atoms. The molecule has 6 nitrogen and oxygen atoms in total. The maximum atomic E-state index is 11.2. The van der Waals surface area contributed by atoms with Crippen LogP contribution in [-0.4, -0.2) is 35.1 Å². The van der Waals surface area contributed by atoms with E-state index in [1.165, 1.54) is 6.20 Å². The summed E-state index contributed by atoms with van der Waals surface area (Å²) in [5.41, 5.74) is 5.46. The van der Waals surface area contributed by atoms with Gasteiger partial charge >= 0.3 is 0 Å². The molecule has 0 spiro atoms. The number of pyridine rings is 2. The molecule has 0 aliphatic carbocycles. The number of carbonyl (C=O) groups is 1. The van der Waals surface area contributed by atoms with Crippen molar-refractivity contribution in [3.63, 3.8) is 0 Å². The van der Waals surface area contributed by atoms with E-state index in [1.807, 2.05) is 12.1 Å². The molecule has 0 bridgehead atoms. The van der Waals surface area contributed by atoms with E-state index in [2.05, 4.69) is 30.8 Å². The van der Waals surface area contributed by atoms with Crippen molar-refractivity contribution in [3.8, 4) is 5.75 Å². The van der Waals surface area contributed by atoms with Crippen LogP contribution in [0.2, 0.25) is 0 Å². The van der Waals surface area contributed by atoms with Gasteiger partial charge in [-0.25, -0.2) is 4.98 Å². The number of nitrogens with two attached hydrogens (primary N) is 1. The average molecular weight is 377 g/mol. The van der Waals surface area contributed by atoms with Crippen molar-refractivity contribution in [1.82, 2.24) is 9.97 Å². The fraction of sp³-hybridized carbons (Fsp3) is 0.312. The monoisotopic (exact) mass is 376 g/mol. The second kappa shape index (κ2) is 6.95. The predicted octanol–water partition coefficient (Wildman–Crippen LogP) is 2.39. The first-order valence-electron chi connectivity index (χ1n) is 7.41. The van der Waals surface area contributed by atoms with Gasteiger partial charge in [0.05, 0.1) is 0 Å². The average Bonchev–Trinajstić information content (AvgIpc) is 2.57. The van der Waals surface area contributed by atoms with Gasteiger partial charge in [0.15, 0.2) is 0 Å². The lowest BCUT2D eigenvalue weighted by Crippen LogP contribution is -2.38. The third-order valence-corrected chi connectivity index (χ3v) is 4.23. The Kier molecular flexibility index (Phi) is 4.76. The van der Waals surface area contributed by atoms with Gasteiger partial charge in [-0.15, -0.1) is 0 Å². The van der Waals surface area contributed by atoms with Crippen LogP contribution in [0.25, 0.3) is 0 Å². The zero-order chi connectivity index (χ0) is 16.2. The van der Waals surface area contributed by atoms with Crippen molar-refractivity contribution < 1.29 is 9.53 Å². The number of ether oxygens (including phenoxy) is 1. The summed E-state index contributed by atoms with van der Waals surface area (Å²) in [7, 11) is 0. The van der Waals surface area contributed by atoms with Gasteiger partial charge in [0.1, 0.15) is 23.4 Å². The first-order valence-corrected chi connectivity index (χ1v) is 8.20. The summed E-state index contributed by atoms with van der Waals surface area (Å²) in [6.07, 6.45) is 5.25. The van der Waals surface area contributed by atoms with E-state index in [0.717, 1.165) is 36.2 Å². The normalized spacial score (nSPS) is 15.4. The van der Waals surface area contributed by atoms with E-state index in [9.17, 15) is 4.79 Å². The van der Waals surface area contributed by atoms with Gasteiger partial charge in [0, 0.05) is 48.9 Å². The number of amides is 1. The number of hydrogen-bond acceptors (Lipinski definition) is 5. The van der Waals surface area contributed by atoms with Gasteiger partial charge in [-0.3, -0.25) is 9.78 Å². The van der Waals surface area contributed by atoms with Crippen molar-refractivity contribution in [2.24, 2.45) is 5.73 Å². The molecular weight excluding hydrogens is 360 g/mol. The van der Waals surface area contributed by atoms with Crippen molar-refractivity contribution >= 4 is 27.7 Å². The van der Waals surface area contributed by atoms with Crippen LogP contribution in [0.5, 0.6) is 5.75 Å². The van der Waals surface area contributed by atoms with Crippen LogP contribution in [0.15, 0.2) is 41.1 Å². The summed E-state index contributed by atoms with van der Waals surface area (Å²) in [5.74, 6) is 1.06. The Hall–Kier alpha value is -2.15. The molecule has 1 aliphatic heterocycles. The molecule has 1 fully saturated rings. The Labute approximate surface area is 142 Å². The van der Waals surface area contributed by atoms with Crippen LogP contribution in [0.3, 0.4) is 0 Å². The molecule has 0 aromatic carbocycles. The van der Waals surface area contributed by atoms with E-state index in [0.29, 0.717) is 5.75 Å². The highest BCUT2D eigenvalue weighted by Gasteiger charge is 2.21. The maximum Gasteiger partial charge on any atom is 0.267 e. The zero-order valence-corrected chi connectivity index (χ0v) is 14.1. The predicted molar refractivity (Wildman–Crippen MR) is 90.6 cm³/mol. The van der Waals surface area contributed by atoms with Gasteiger partial charge < -0.3 is 15.4 Å². The molecule has 0 saturated carbocycles. The van der Waals surface area contributed by atoms with Crippen molar-refractivity contribution in [2.75, 3.05) is 18.0 Å². The van der Waals surface area contributed by atoms with Gasteiger partial charge in [-0.2, -0.15) is 0 Å². The van der Waals surface area contributed by atoms with Crippen molar-refractivity contribution in [1.29, 1.82) is 0 Å². The van der Waals surface area contributed by atoms with Crippen molar-refractivity contribution in [3.05, 3.63) is 46.8 Å².